The predicted molar refractivity (Wildman–Crippen MR) is 96.2 cm³/mol. The third kappa shape index (κ3) is 4.57. The number of aliphatic hydroxyl groups is 1. The Bertz CT molecular complexity index is 775. The zero-order valence-corrected chi connectivity index (χ0v) is 15.0. The summed E-state index contributed by atoms with van der Waals surface area (Å²) >= 11 is 0. The predicted octanol–water partition coefficient (Wildman–Crippen LogP) is 1.39. The minimum atomic E-state index is -0.984. The Balaban J connectivity index is 2.24. The van der Waals surface area contributed by atoms with Crippen LogP contribution >= 0.6 is 0 Å². The van der Waals surface area contributed by atoms with Crippen LogP contribution < -0.4 is 11.1 Å². The van der Waals surface area contributed by atoms with E-state index in [0.29, 0.717) is 24.8 Å². The smallest absolute Gasteiger partial charge is 0.273 e. The standard InChI is InChI=1S/C18H25FN4O3/c1-11(2)15(17(20)25)21-18(26)16-13-7-3-4-8-14(13)23(22-16)9-5-6-12(24)10-19/h3-4,7-8,11-12,15,24H,5-6,9-10H2,1-2H3,(H2,20,25)(H,21,26)/t12-,15-/m0/s1. The number of rotatable bonds is 9. The third-order valence-electron chi connectivity index (χ3n) is 4.22. The summed E-state index contributed by atoms with van der Waals surface area (Å²) in [6, 6.07) is 6.45. The molecule has 0 radical (unpaired) electrons. The molecule has 2 amide bonds. The molecular weight excluding hydrogens is 339 g/mol. The molecule has 0 bridgehead atoms. The Morgan fingerprint density at radius 3 is 2.65 bits per heavy atom. The van der Waals surface area contributed by atoms with Gasteiger partial charge >= 0.3 is 0 Å². The fourth-order valence-electron chi connectivity index (χ4n) is 2.80. The van der Waals surface area contributed by atoms with E-state index in [1.807, 2.05) is 12.1 Å². The number of nitrogens with two attached hydrogens (primary N) is 1. The largest absolute Gasteiger partial charge is 0.390 e. The summed E-state index contributed by atoms with van der Waals surface area (Å²) in [5.74, 6) is -1.22. The van der Waals surface area contributed by atoms with E-state index in [9.17, 15) is 19.1 Å². The van der Waals surface area contributed by atoms with Gasteiger partial charge in [-0.1, -0.05) is 32.0 Å². The lowest BCUT2D eigenvalue weighted by molar-refractivity contribution is -0.120. The first-order valence-electron chi connectivity index (χ1n) is 8.65. The van der Waals surface area contributed by atoms with E-state index in [1.165, 1.54) is 0 Å². The number of primary amides is 1. The van der Waals surface area contributed by atoms with E-state index < -0.39 is 30.6 Å². The summed E-state index contributed by atoms with van der Waals surface area (Å²) in [7, 11) is 0. The van der Waals surface area contributed by atoms with Gasteiger partial charge in [0.25, 0.3) is 5.91 Å². The first kappa shape index (κ1) is 19.8. The van der Waals surface area contributed by atoms with Crippen molar-refractivity contribution in [3.05, 3.63) is 30.0 Å². The van der Waals surface area contributed by atoms with Crippen molar-refractivity contribution in [2.45, 2.75) is 45.4 Å². The molecule has 2 rings (SSSR count). The number of amides is 2. The van der Waals surface area contributed by atoms with Gasteiger partial charge in [-0.3, -0.25) is 14.3 Å². The molecule has 0 aliphatic heterocycles. The molecule has 1 heterocycles. The van der Waals surface area contributed by atoms with Crippen LogP contribution in [0.1, 0.15) is 37.2 Å². The van der Waals surface area contributed by atoms with Gasteiger partial charge in [0.2, 0.25) is 5.91 Å². The summed E-state index contributed by atoms with van der Waals surface area (Å²) in [6.07, 6.45) is -0.154. The van der Waals surface area contributed by atoms with Gasteiger partial charge in [0, 0.05) is 11.9 Å². The number of halogens is 1. The summed E-state index contributed by atoms with van der Waals surface area (Å²) in [5.41, 5.74) is 6.32. The first-order valence-corrected chi connectivity index (χ1v) is 8.65. The number of alkyl halides is 1. The van der Waals surface area contributed by atoms with Gasteiger partial charge < -0.3 is 16.2 Å². The van der Waals surface area contributed by atoms with Crippen molar-refractivity contribution in [2.24, 2.45) is 11.7 Å². The number of benzene rings is 1. The van der Waals surface area contributed by atoms with Crippen LogP contribution in [0, 0.1) is 5.92 Å². The summed E-state index contributed by atoms with van der Waals surface area (Å²) in [4.78, 5) is 24.2. The zero-order chi connectivity index (χ0) is 19.3. The molecule has 2 atom stereocenters. The van der Waals surface area contributed by atoms with Crippen LogP contribution in [0.15, 0.2) is 24.3 Å². The molecule has 0 saturated carbocycles. The summed E-state index contributed by atoms with van der Waals surface area (Å²) < 4.78 is 14.0. The lowest BCUT2D eigenvalue weighted by Crippen LogP contribution is -2.47. The number of carbonyl (C=O) groups excluding carboxylic acids is 2. The molecule has 0 spiro atoms. The number of aliphatic hydroxyl groups excluding tert-OH is 1. The van der Waals surface area contributed by atoms with Gasteiger partial charge in [-0.2, -0.15) is 5.10 Å². The molecule has 0 saturated heterocycles. The number of para-hydroxylation sites is 1. The Hall–Kier alpha value is -2.48. The number of hydrogen-bond acceptors (Lipinski definition) is 4. The van der Waals surface area contributed by atoms with E-state index in [0.717, 1.165) is 5.52 Å². The lowest BCUT2D eigenvalue weighted by atomic mass is 10.0. The second kappa shape index (κ2) is 8.75. The molecule has 1 aromatic carbocycles. The van der Waals surface area contributed by atoms with E-state index >= 15 is 0 Å². The number of aryl methyl sites for hydroxylation is 1. The number of nitrogens with zero attached hydrogens (tertiary/aromatic N) is 2. The quantitative estimate of drug-likeness (QED) is 0.624. The van der Waals surface area contributed by atoms with E-state index in [1.54, 1.807) is 30.7 Å². The lowest BCUT2D eigenvalue weighted by Gasteiger charge is -2.18. The molecule has 26 heavy (non-hydrogen) atoms. The zero-order valence-electron chi connectivity index (χ0n) is 15.0. The SMILES string of the molecule is CC(C)[C@H](NC(=O)c1nn(CCC[C@H](O)CF)c2ccccc12)C(N)=O. The first-order chi connectivity index (χ1) is 12.3. The monoisotopic (exact) mass is 364 g/mol. The highest BCUT2D eigenvalue weighted by molar-refractivity contribution is 6.06. The Morgan fingerprint density at radius 1 is 1.35 bits per heavy atom. The molecule has 0 fully saturated rings. The van der Waals surface area contributed by atoms with Crippen molar-refractivity contribution in [2.75, 3.05) is 6.67 Å². The average molecular weight is 364 g/mol. The van der Waals surface area contributed by atoms with Gasteiger partial charge in [0.05, 0.1) is 11.6 Å². The molecule has 7 nitrogen and oxygen atoms in total. The van der Waals surface area contributed by atoms with Crippen molar-refractivity contribution in [1.82, 2.24) is 15.1 Å². The van der Waals surface area contributed by atoms with Gasteiger partial charge in [0.1, 0.15) is 12.7 Å². The molecule has 8 heteroatoms. The van der Waals surface area contributed by atoms with Gasteiger partial charge in [0.15, 0.2) is 5.69 Å². The summed E-state index contributed by atoms with van der Waals surface area (Å²) in [6.45, 7) is 3.25. The van der Waals surface area contributed by atoms with Crippen LogP contribution in [0.3, 0.4) is 0 Å². The van der Waals surface area contributed by atoms with E-state index in [4.69, 9.17) is 5.73 Å². The van der Waals surface area contributed by atoms with Crippen molar-refractivity contribution < 1.29 is 19.1 Å². The molecular formula is C18H25FN4O3. The van der Waals surface area contributed by atoms with Gasteiger partial charge in [-0.15, -0.1) is 0 Å². The molecule has 0 unspecified atom stereocenters. The molecule has 0 aliphatic rings. The minimum Gasteiger partial charge on any atom is -0.390 e. The maximum atomic E-state index is 12.6. The highest BCUT2D eigenvalue weighted by Gasteiger charge is 2.25. The van der Waals surface area contributed by atoms with Crippen LogP contribution in [0.4, 0.5) is 4.39 Å². The Kier molecular flexibility index (Phi) is 6.68. The van der Waals surface area contributed by atoms with Crippen molar-refractivity contribution in [3.8, 4) is 0 Å². The van der Waals surface area contributed by atoms with Crippen LogP contribution in [-0.4, -0.2) is 45.5 Å². The number of carbonyl (C=O) groups is 2. The minimum absolute atomic E-state index is 0.146. The third-order valence-corrected chi connectivity index (χ3v) is 4.22. The number of hydrogen-bond donors (Lipinski definition) is 3. The van der Waals surface area contributed by atoms with Crippen molar-refractivity contribution >= 4 is 22.7 Å². The average Bonchev–Trinajstić information content (AvgIpc) is 2.97. The molecule has 4 N–H and O–H groups in total. The van der Waals surface area contributed by atoms with Crippen LogP contribution in [-0.2, 0) is 11.3 Å². The van der Waals surface area contributed by atoms with Crippen LogP contribution in [0.25, 0.3) is 10.9 Å². The molecule has 0 aliphatic carbocycles. The highest BCUT2D eigenvalue weighted by atomic mass is 19.1. The van der Waals surface area contributed by atoms with Crippen molar-refractivity contribution in [3.63, 3.8) is 0 Å². The summed E-state index contributed by atoms with van der Waals surface area (Å²) in [5, 5.41) is 17.0. The second-order valence-electron chi connectivity index (χ2n) is 6.64. The van der Waals surface area contributed by atoms with E-state index in [2.05, 4.69) is 10.4 Å². The second-order valence-corrected chi connectivity index (χ2v) is 6.64. The molecule has 142 valence electrons. The number of aromatic nitrogens is 2. The fraction of sp³-hybridized carbons (Fsp3) is 0.500. The molecule has 1 aromatic heterocycles. The van der Waals surface area contributed by atoms with Crippen LogP contribution in [0.2, 0.25) is 0 Å². The maximum Gasteiger partial charge on any atom is 0.273 e. The highest BCUT2D eigenvalue weighted by Crippen LogP contribution is 2.19. The van der Waals surface area contributed by atoms with Gasteiger partial charge in [-0.25, -0.2) is 4.39 Å². The Morgan fingerprint density at radius 2 is 2.04 bits per heavy atom. The maximum absolute atomic E-state index is 12.6. The number of fused-ring (bicyclic) bond motifs is 1. The Labute approximate surface area is 151 Å². The van der Waals surface area contributed by atoms with Crippen LogP contribution in [0.5, 0.6) is 0 Å². The number of nitrogens with one attached hydrogen (secondary N) is 1. The fourth-order valence-corrected chi connectivity index (χ4v) is 2.80. The van der Waals surface area contributed by atoms with Crippen molar-refractivity contribution in [1.29, 1.82) is 0 Å². The van der Waals surface area contributed by atoms with Gasteiger partial charge in [-0.05, 0) is 24.8 Å². The molecule has 2 aromatic rings. The van der Waals surface area contributed by atoms with E-state index in [-0.39, 0.29) is 11.6 Å². The topological polar surface area (TPSA) is 110 Å². The normalized spacial score (nSPS) is 13.7.